The van der Waals surface area contributed by atoms with Gasteiger partial charge in [-0.15, -0.1) is 11.3 Å². The van der Waals surface area contributed by atoms with Crippen LogP contribution >= 0.6 is 23.1 Å². The summed E-state index contributed by atoms with van der Waals surface area (Å²) in [4.78, 5) is 39.5. The smallest absolute Gasteiger partial charge is 0.294 e. The Hall–Kier alpha value is -2.38. The van der Waals surface area contributed by atoms with Gasteiger partial charge in [0.15, 0.2) is 0 Å². The van der Waals surface area contributed by atoms with E-state index in [0.29, 0.717) is 4.91 Å². The Labute approximate surface area is 166 Å². The predicted molar refractivity (Wildman–Crippen MR) is 109 cm³/mol. The third-order valence-corrected chi connectivity index (χ3v) is 5.86. The van der Waals surface area contributed by atoms with Gasteiger partial charge in [0.25, 0.3) is 11.1 Å². The fourth-order valence-electron chi connectivity index (χ4n) is 2.80. The highest BCUT2D eigenvalue weighted by atomic mass is 32.2. The van der Waals surface area contributed by atoms with Crippen LogP contribution in [0.1, 0.15) is 30.3 Å². The van der Waals surface area contributed by atoms with Crippen molar-refractivity contribution in [3.05, 3.63) is 63.2 Å². The lowest BCUT2D eigenvalue weighted by Gasteiger charge is -2.24. The van der Waals surface area contributed by atoms with E-state index in [4.69, 9.17) is 0 Å². The van der Waals surface area contributed by atoms with Crippen LogP contribution in [0.2, 0.25) is 0 Å². The van der Waals surface area contributed by atoms with Crippen molar-refractivity contribution in [3.63, 3.8) is 0 Å². The van der Waals surface area contributed by atoms with E-state index in [0.717, 1.165) is 27.1 Å². The van der Waals surface area contributed by atoms with Crippen molar-refractivity contribution in [2.75, 3.05) is 6.54 Å². The van der Waals surface area contributed by atoms with Crippen molar-refractivity contribution >= 4 is 46.2 Å². The average Bonchev–Trinajstić information content (AvgIpc) is 3.24. The number of rotatable bonds is 6. The van der Waals surface area contributed by atoms with E-state index in [-0.39, 0.29) is 24.4 Å². The van der Waals surface area contributed by atoms with Gasteiger partial charge in [0.05, 0.1) is 10.9 Å². The highest BCUT2D eigenvalue weighted by Gasteiger charge is 2.36. The van der Waals surface area contributed by atoms with Crippen molar-refractivity contribution in [1.29, 1.82) is 0 Å². The molecule has 1 unspecified atom stereocenters. The normalized spacial score (nSPS) is 17.0. The molecule has 1 aromatic carbocycles. The number of nitrogens with zero attached hydrogens (tertiary/aromatic N) is 1. The first-order valence-electron chi connectivity index (χ1n) is 8.59. The van der Waals surface area contributed by atoms with Gasteiger partial charge in [-0.3, -0.25) is 19.3 Å². The van der Waals surface area contributed by atoms with Gasteiger partial charge >= 0.3 is 0 Å². The Bertz CT molecular complexity index is 861. The molecular formula is C20H20N2O3S2. The van der Waals surface area contributed by atoms with Crippen LogP contribution in [0, 0.1) is 5.92 Å². The number of nitrogens with one attached hydrogen (secondary N) is 1. The van der Waals surface area contributed by atoms with E-state index in [1.54, 1.807) is 6.08 Å². The minimum atomic E-state index is -0.422. The standard InChI is InChI=1S/C20H20N2O3S2/c1-13(2)18(14-7-4-3-5-8-14)21-17(23)12-22-19(24)16(27-20(22)25)11-15-9-6-10-26-15/h3-11,13,18H,12H2,1-2H3,(H,21,23)/b16-11-. The molecular weight excluding hydrogens is 380 g/mol. The van der Waals surface area contributed by atoms with Crippen molar-refractivity contribution in [2.45, 2.75) is 19.9 Å². The van der Waals surface area contributed by atoms with Crippen LogP contribution in [0.15, 0.2) is 52.7 Å². The molecule has 0 spiro atoms. The number of benzene rings is 1. The molecule has 0 bridgehead atoms. The highest BCUT2D eigenvalue weighted by Crippen LogP contribution is 2.32. The second kappa shape index (κ2) is 8.54. The maximum absolute atomic E-state index is 12.5. The number of amides is 3. The Morgan fingerprint density at radius 1 is 1.15 bits per heavy atom. The van der Waals surface area contributed by atoms with Gasteiger partial charge in [-0.05, 0) is 40.8 Å². The molecule has 0 radical (unpaired) electrons. The van der Waals surface area contributed by atoms with Crippen LogP contribution < -0.4 is 5.32 Å². The zero-order valence-corrected chi connectivity index (χ0v) is 16.7. The molecule has 0 saturated carbocycles. The van der Waals surface area contributed by atoms with E-state index in [9.17, 15) is 14.4 Å². The van der Waals surface area contributed by atoms with E-state index in [1.165, 1.54) is 11.3 Å². The van der Waals surface area contributed by atoms with Crippen LogP contribution in [0.3, 0.4) is 0 Å². The Kier molecular flexibility index (Phi) is 6.13. The van der Waals surface area contributed by atoms with Gasteiger partial charge < -0.3 is 5.32 Å². The second-order valence-electron chi connectivity index (χ2n) is 6.48. The number of imide groups is 1. The molecule has 140 valence electrons. The molecule has 27 heavy (non-hydrogen) atoms. The summed E-state index contributed by atoms with van der Waals surface area (Å²) in [7, 11) is 0. The van der Waals surface area contributed by atoms with E-state index in [1.807, 2.05) is 61.7 Å². The summed E-state index contributed by atoms with van der Waals surface area (Å²) in [6.45, 7) is 3.76. The minimum absolute atomic E-state index is 0.171. The lowest BCUT2D eigenvalue weighted by Crippen LogP contribution is -2.41. The number of hydrogen-bond donors (Lipinski definition) is 1. The topological polar surface area (TPSA) is 66.5 Å². The summed E-state index contributed by atoms with van der Waals surface area (Å²) in [5.74, 6) is -0.600. The summed E-state index contributed by atoms with van der Waals surface area (Å²) < 4.78 is 0. The third-order valence-electron chi connectivity index (χ3n) is 4.13. The monoisotopic (exact) mass is 400 g/mol. The lowest BCUT2D eigenvalue weighted by atomic mass is 9.96. The van der Waals surface area contributed by atoms with Crippen LogP contribution in [0.25, 0.3) is 6.08 Å². The average molecular weight is 401 g/mol. The summed E-state index contributed by atoms with van der Waals surface area (Å²) in [5, 5.41) is 4.43. The number of carbonyl (C=O) groups excluding carboxylic acids is 3. The van der Waals surface area contributed by atoms with Crippen molar-refractivity contribution in [2.24, 2.45) is 5.92 Å². The second-order valence-corrected chi connectivity index (χ2v) is 8.46. The third kappa shape index (κ3) is 4.67. The SMILES string of the molecule is CC(C)C(NC(=O)CN1C(=O)S/C(=C\c2cccs2)C1=O)c1ccccc1. The number of hydrogen-bond acceptors (Lipinski definition) is 5. The summed E-state index contributed by atoms with van der Waals surface area (Å²) in [6, 6.07) is 13.2. The maximum Gasteiger partial charge on any atom is 0.294 e. The largest absolute Gasteiger partial charge is 0.347 e. The number of thioether (sulfide) groups is 1. The zero-order chi connectivity index (χ0) is 19.4. The summed E-state index contributed by atoms with van der Waals surface area (Å²) >= 11 is 2.36. The molecule has 1 N–H and O–H groups in total. The first kappa shape index (κ1) is 19.4. The van der Waals surface area contributed by atoms with Crippen LogP contribution in [0.4, 0.5) is 4.79 Å². The van der Waals surface area contributed by atoms with E-state index in [2.05, 4.69) is 5.32 Å². The molecule has 1 aliphatic rings. The number of carbonyl (C=O) groups is 3. The van der Waals surface area contributed by atoms with Gasteiger partial charge in [0.2, 0.25) is 5.91 Å². The highest BCUT2D eigenvalue weighted by molar-refractivity contribution is 8.18. The van der Waals surface area contributed by atoms with Gasteiger partial charge in [-0.25, -0.2) is 0 Å². The molecule has 1 fully saturated rings. The van der Waals surface area contributed by atoms with Crippen molar-refractivity contribution < 1.29 is 14.4 Å². The van der Waals surface area contributed by atoms with Crippen LogP contribution in [-0.2, 0) is 9.59 Å². The summed E-state index contributed by atoms with van der Waals surface area (Å²) in [5.41, 5.74) is 0.993. The fraction of sp³-hybridized carbons (Fsp3) is 0.250. The number of thiophene rings is 1. The molecule has 1 aliphatic heterocycles. The minimum Gasteiger partial charge on any atom is -0.347 e. The first-order valence-corrected chi connectivity index (χ1v) is 10.3. The molecule has 2 heterocycles. The van der Waals surface area contributed by atoms with Crippen molar-refractivity contribution in [1.82, 2.24) is 10.2 Å². The molecule has 7 heteroatoms. The van der Waals surface area contributed by atoms with Gasteiger partial charge in [0.1, 0.15) is 6.54 Å². The summed E-state index contributed by atoms with van der Waals surface area (Å²) in [6.07, 6.45) is 1.69. The van der Waals surface area contributed by atoms with Gasteiger partial charge in [0, 0.05) is 4.88 Å². The Balaban J connectivity index is 1.68. The van der Waals surface area contributed by atoms with Gasteiger partial charge in [-0.1, -0.05) is 50.2 Å². The Morgan fingerprint density at radius 3 is 2.52 bits per heavy atom. The lowest BCUT2D eigenvalue weighted by molar-refractivity contribution is -0.129. The predicted octanol–water partition coefficient (Wildman–Crippen LogP) is 4.30. The van der Waals surface area contributed by atoms with Crippen LogP contribution in [-0.4, -0.2) is 28.5 Å². The molecule has 0 aliphatic carbocycles. The zero-order valence-electron chi connectivity index (χ0n) is 15.0. The molecule has 3 amide bonds. The quantitative estimate of drug-likeness (QED) is 0.734. The first-order chi connectivity index (χ1) is 13.0. The molecule has 1 aromatic heterocycles. The molecule has 1 atom stereocenters. The van der Waals surface area contributed by atoms with E-state index < -0.39 is 11.1 Å². The molecule has 1 saturated heterocycles. The van der Waals surface area contributed by atoms with E-state index >= 15 is 0 Å². The molecule has 3 rings (SSSR count). The van der Waals surface area contributed by atoms with Crippen LogP contribution in [0.5, 0.6) is 0 Å². The maximum atomic E-state index is 12.5. The van der Waals surface area contributed by atoms with Crippen molar-refractivity contribution in [3.8, 4) is 0 Å². The molecule has 2 aromatic rings. The molecule has 5 nitrogen and oxygen atoms in total. The van der Waals surface area contributed by atoms with Gasteiger partial charge in [-0.2, -0.15) is 0 Å². The Morgan fingerprint density at radius 2 is 1.89 bits per heavy atom. The fourth-order valence-corrected chi connectivity index (χ4v) is 4.36.